The van der Waals surface area contributed by atoms with Gasteiger partial charge in [-0.2, -0.15) is 0 Å². The summed E-state index contributed by atoms with van der Waals surface area (Å²) >= 11 is 0. The lowest BCUT2D eigenvalue weighted by Crippen LogP contribution is -2.04. The van der Waals surface area contributed by atoms with Crippen LogP contribution in [0.3, 0.4) is 0 Å². The molecule has 0 atom stereocenters. The first-order valence-corrected chi connectivity index (χ1v) is 4.43. The van der Waals surface area contributed by atoms with Gasteiger partial charge >= 0.3 is 5.97 Å². The number of oxime groups is 1. The highest BCUT2D eigenvalue weighted by Crippen LogP contribution is 2.00. The van der Waals surface area contributed by atoms with E-state index in [0.29, 0.717) is 0 Å². The quantitative estimate of drug-likeness (QED) is 0.417. The fourth-order valence-corrected chi connectivity index (χ4v) is 0.937. The molecule has 14 heavy (non-hydrogen) atoms. The molecule has 0 aliphatic rings. The SMILES string of the molecule is CC(C)=NOC(=O)Cc1ccccc1. The summed E-state index contributed by atoms with van der Waals surface area (Å²) in [6.45, 7) is 3.55. The normalized spacial score (nSPS) is 9.29. The maximum atomic E-state index is 11.2. The summed E-state index contributed by atoms with van der Waals surface area (Å²) in [5.74, 6) is -0.336. The molecular formula is C11H13NO2. The van der Waals surface area contributed by atoms with Gasteiger partial charge < -0.3 is 4.84 Å². The summed E-state index contributed by atoms with van der Waals surface area (Å²) in [5.41, 5.74) is 1.66. The van der Waals surface area contributed by atoms with E-state index in [1.807, 2.05) is 30.3 Å². The van der Waals surface area contributed by atoms with Crippen molar-refractivity contribution in [3.8, 4) is 0 Å². The smallest absolute Gasteiger partial charge is 0.318 e. The lowest BCUT2D eigenvalue weighted by atomic mass is 10.2. The van der Waals surface area contributed by atoms with Crippen LogP contribution in [0.5, 0.6) is 0 Å². The van der Waals surface area contributed by atoms with Crippen LogP contribution in [0.15, 0.2) is 35.5 Å². The molecule has 1 rings (SSSR count). The van der Waals surface area contributed by atoms with Crippen molar-refractivity contribution in [1.82, 2.24) is 0 Å². The van der Waals surface area contributed by atoms with Crippen LogP contribution in [0.25, 0.3) is 0 Å². The molecule has 1 aromatic rings. The third-order valence-electron chi connectivity index (χ3n) is 1.52. The molecule has 74 valence electrons. The third-order valence-corrected chi connectivity index (χ3v) is 1.52. The summed E-state index contributed by atoms with van der Waals surface area (Å²) in [7, 11) is 0. The highest BCUT2D eigenvalue weighted by atomic mass is 16.7. The standard InChI is InChI=1S/C11H13NO2/c1-9(2)12-14-11(13)8-10-6-4-3-5-7-10/h3-7H,8H2,1-2H3. The molecule has 0 bridgehead atoms. The Labute approximate surface area is 83.4 Å². The van der Waals surface area contributed by atoms with Crippen LogP contribution >= 0.6 is 0 Å². The number of carbonyl (C=O) groups is 1. The van der Waals surface area contributed by atoms with E-state index in [-0.39, 0.29) is 12.4 Å². The van der Waals surface area contributed by atoms with Crippen LogP contribution in [-0.4, -0.2) is 11.7 Å². The molecule has 3 heteroatoms. The second-order valence-corrected chi connectivity index (χ2v) is 3.16. The lowest BCUT2D eigenvalue weighted by Gasteiger charge is -1.98. The second-order valence-electron chi connectivity index (χ2n) is 3.16. The van der Waals surface area contributed by atoms with Crippen LogP contribution < -0.4 is 0 Å². The van der Waals surface area contributed by atoms with E-state index >= 15 is 0 Å². The van der Waals surface area contributed by atoms with Gasteiger partial charge in [-0.15, -0.1) is 0 Å². The largest absolute Gasteiger partial charge is 0.339 e. The summed E-state index contributed by atoms with van der Waals surface area (Å²) < 4.78 is 0. The average molecular weight is 191 g/mol. The monoisotopic (exact) mass is 191 g/mol. The van der Waals surface area contributed by atoms with Crippen molar-refractivity contribution in [3.63, 3.8) is 0 Å². The third kappa shape index (κ3) is 3.85. The first kappa shape index (κ1) is 10.4. The fraction of sp³-hybridized carbons (Fsp3) is 0.273. The second kappa shape index (κ2) is 5.17. The zero-order chi connectivity index (χ0) is 10.4. The van der Waals surface area contributed by atoms with Gasteiger partial charge in [0.1, 0.15) is 0 Å². The summed E-state index contributed by atoms with van der Waals surface area (Å²) in [4.78, 5) is 15.8. The predicted octanol–water partition coefficient (Wildman–Crippen LogP) is 2.17. The Balaban J connectivity index is 2.46. The molecule has 0 aliphatic carbocycles. The molecule has 0 aromatic heterocycles. The first-order valence-electron chi connectivity index (χ1n) is 4.43. The minimum absolute atomic E-state index is 0.262. The Bertz CT molecular complexity index is 326. The number of benzene rings is 1. The van der Waals surface area contributed by atoms with Gasteiger partial charge in [0.25, 0.3) is 0 Å². The molecule has 1 aromatic carbocycles. The van der Waals surface area contributed by atoms with Gasteiger partial charge in [0.15, 0.2) is 0 Å². The van der Waals surface area contributed by atoms with E-state index in [1.165, 1.54) is 0 Å². The molecule has 0 fully saturated rings. The van der Waals surface area contributed by atoms with Gasteiger partial charge in [0, 0.05) is 0 Å². The van der Waals surface area contributed by atoms with Crippen molar-refractivity contribution in [1.29, 1.82) is 0 Å². The summed E-state index contributed by atoms with van der Waals surface area (Å²) in [6.07, 6.45) is 0.262. The van der Waals surface area contributed by atoms with E-state index in [2.05, 4.69) is 9.99 Å². The molecular weight excluding hydrogens is 178 g/mol. The van der Waals surface area contributed by atoms with Crippen molar-refractivity contribution in [2.45, 2.75) is 20.3 Å². The highest BCUT2D eigenvalue weighted by Gasteiger charge is 2.03. The topological polar surface area (TPSA) is 38.7 Å². The number of hydrogen-bond acceptors (Lipinski definition) is 3. The molecule has 0 saturated heterocycles. The van der Waals surface area contributed by atoms with Crippen molar-refractivity contribution < 1.29 is 9.63 Å². The summed E-state index contributed by atoms with van der Waals surface area (Å²) in [6, 6.07) is 9.44. The van der Waals surface area contributed by atoms with Crippen molar-refractivity contribution in [2.75, 3.05) is 0 Å². The number of nitrogens with zero attached hydrogens (tertiary/aromatic N) is 1. The maximum Gasteiger partial charge on any atom is 0.339 e. The number of hydrogen-bond donors (Lipinski definition) is 0. The van der Waals surface area contributed by atoms with Gasteiger partial charge in [0.2, 0.25) is 0 Å². The Morgan fingerprint density at radius 1 is 1.29 bits per heavy atom. The lowest BCUT2D eigenvalue weighted by molar-refractivity contribution is -0.142. The highest BCUT2D eigenvalue weighted by molar-refractivity contribution is 5.80. The Hall–Kier alpha value is -1.64. The average Bonchev–Trinajstić information content (AvgIpc) is 2.16. The molecule has 0 unspecified atom stereocenters. The van der Waals surface area contributed by atoms with Gasteiger partial charge in [0.05, 0.1) is 12.1 Å². The van der Waals surface area contributed by atoms with Gasteiger partial charge in [-0.25, -0.2) is 4.79 Å². The molecule has 0 saturated carbocycles. The molecule has 0 amide bonds. The minimum Gasteiger partial charge on any atom is -0.318 e. The zero-order valence-electron chi connectivity index (χ0n) is 8.36. The summed E-state index contributed by atoms with van der Waals surface area (Å²) in [5, 5.41) is 3.59. The molecule has 0 spiro atoms. The van der Waals surface area contributed by atoms with Crippen LogP contribution in [0, 0.1) is 0 Å². The van der Waals surface area contributed by atoms with Gasteiger partial charge in [-0.05, 0) is 19.4 Å². The number of carbonyl (C=O) groups excluding carboxylic acids is 1. The van der Waals surface area contributed by atoms with E-state index in [1.54, 1.807) is 13.8 Å². The molecule has 0 aliphatic heterocycles. The van der Waals surface area contributed by atoms with Crippen molar-refractivity contribution in [3.05, 3.63) is 35.9 Å². The first-order chi connectivity index (χ1) is 6.68. The minimum atomic E-state index is -0.336. The van der Waals surface area contributed by atoms with Crippen molar-refractivity contribution in [2.24, 2.45) is 5.16 Å². The fourth-order valence-electron chi connectivity index (χ4n) is 0.937. The van der Waals surface area contributed by atoms with E-state index in [4.69, 9.17) is 0 Å². The zero-order valence-corrected chi connectivity index (χ0v) is 8.36. The number of rotatable bonds is 3. The van der Waals surface area contributed by atoms with Gasteiger partial charge in [-0.3, -0.25) is 0 Å². The Morgan fingerprint density at radius 2 is 1.93 bits per heavy atom. The van der Waals surface area contributed by atoms with Crippen LogP contribution in [0.4, 0.5) is 0 Å². The molecule has 3 nitrogen and oxygen atoms in total. The van der Waals surface area contributed by atoms with E-state index in [0.717, 1.165) is 11.3 Å². The molecule has 0 radical (unpaired) electrons. The van der Waals surface area contributed by atoms with E-state index < -0.39 is 0 Å². The van der Waals surface area contributed by atoms with E-state index in [9.17, 15) is 4.79 Å². The predicted molar refractivity (Wildman–Crippen MR) is 55.0 cm³/mol. The Kier molecular flexibility index (Phi) is 3.85. The van der Waals surface area contributed by atoms with Gasteiger partial charge in [-0.1, -0.05) is 35.5 Å². The molecule has 0 heterocycles. The van der Waals surface area contributed by atoms with Crippen LogP contribution in [0.1, 0.15) is 19.4 Å². The van der Waals surface area contributed by atoms with Crippen LogP contribution in [0.2, 0.25) is 0 Å². The Morgan fingerprint density at radius 3 is 2.50 bits per heavy atom. The maximum absolute atomic E-state index is 11.2. The van der Waals surface area contributed by atoms with Crippen LogP contribution in [-0.2, 0) is 16.1 Å². The molecule has 0 N–H and O–H groups in total. The van der Waals surface area contributed by atoms with Crippen molar-refractivity contribution >= 4 is 11.7 Å².